The number of ketones is 1. The fraction of sp³-hybridized carbons (Fsp3) is 0.688. The molecule has 0 aromatic heterocycles. The summed E-state index contributed by atoms with van der Waals surface area (Å²) in [4.78, 5) is 12.6. The van der Waals surface area contributed by atoms with E-state index in [1.165, 1.54) is 6.20 Å². The van der Waals surface area contributed by atoms with E-state index >= 15 is 0 Å². The molecule has 20 heavy (non-hydrogen) atoms. The topological polar surface area (TPSA) is 45.0 Å². The molecule has 0 saturated carbocycles. The van der Waals surface area contributed by atoms with Crippen molar-refractivity contribution in [1.29, 1.82) is 0 Å². The van der Waals surface area contributed by atoms with Crippen LogP contribution in [0.15, 0.2) is 35.9 Å². The second-order valence-corrected chi connectivity index (χ2v) is 7.37. The predicted molar refractivity (Wildman–Crippen MR) is 84.0 cm³/mol. The summed E-state index contributed by atoms with van der Waals surface area (Å²) in [6, 6.07) is 0. The monoisotopic (exact) mass is 279 g/mol. The molecule has 4 heteroatoms. The molecule has 0 atom stereocenters. The molecule has 0 bridgehead atoms. The van der Waals surface area contributed by atoms with Gasteiger partial charge >= 0.3 is 0 Å². The van der Waals surface area contributed by atoms with Crippen LogP contribution in [-0.2, 0) is 4.79 Å². The van der Waals surface area contributed by atoms with Gasteiger partial charge in [-0.3, -0.25) is 4.79 Å². The molecule has 0 unspecified atom stereocenters. The van der Waals surface area contributed by atoms with Crippen molar-refractivity contribution in [3.05, 3.63) is 25.6 Å². The molecule has 0 aliphatic carbocycles. The first-order valence-electron chi connectivity index (χ1n) is 6.87. The average Bonchev–Trinajstić information content (AvgIpc) is 2.26. The molecule has 0 aliphatic rings. The Morgan fingerprint density at radius 2 is 1.60 bits per heavy atom. The van der Waals surface area contributed by atoms with Gasteiger partial charge in [-0.2, -0.15) is 0 Å². The van der Waals surface area contributed by atoms with Crippen molar-refractivity contribution in [3.8, 4) is 0 Å². The number of hydrogen-bond acceptors (Lipinski definition) is 3. The minimum Gasteiger partial charge on any atom is -0.299 e. The minimum absolute atomic E-state index is 0.239. The zero-order valence-corrected chi connectivity index (χ0v) is 14.0. The van der Waals surface area contributed by atoms with Crippen LogP contribution in [0.5, 0.6) is 0 Å². The van der Waals surface area contributed by atoms with Crippen LogP contribution in [0, 0.1) is 10.8 Å². The van der Waals surface area contributed by atoms with Crippen LogP contribution >= 0.6 is 0 Å². The first-order chi connectivity index (χ1) is 8.88. The standard InChI is InChI=1S/C16H29N3O/c1-10-17-18-19(11-2)16(8,9)12-15(6,7)13(20)14(3,4)5/h10-11H,1-2,12H2,3-9H3/b18-17-. The SMILES string of the molecule is C=C/N=N\N(C=C)C(C)(C)CC(C)(C)C(=O)C(C)(C)C. The van der Waals surface area contributed by atoms with Crippen molar-refractivity contribution in [2.75, 3.05) is 0 Å². The van der Waals surface area contributed by atoms with Crippen molar-refractivity contribution in [1.82, 2.24) is 5.01 Å². The number of carbonyl (C=O) groups excluding carboxylic acids is 1. The first-order valence-corrected chi connectivity index (χ1v) is 6.87. The average molecular weight is 279 g/mol. The smallest absolute Gasteiger partial charge is 0.143 e. The highest BCUT2D eigenvalue weighted by Gasteiger charge is 2.41. The lowest BCUT2D eigenvalue weighted by atomic mass is 9.69. The second-order valence-electron chi connectivity index (χ2n) is 7.37. The zero-order valence-electron chi connectivity index (χ0n) is 14.0. The van der Waals surface area contributed by atoms with E-state index in [-0.39, 0.29) is 16.7 Å². The lowest BCUT2D eigenvalue weighted by Gasteiger charge is -2.40. The third-order valence-electron chi connectivity index (χ3n) is 3.19. The van der Waals surface area contributed by atoms with Crippen molar-refractivity contribution >= 4 is 5.78 Å². The Morgan fingerprint density at radius 3 is 1.95 bits per heavy atom. The van der Waals surface area contributed by atoms with Crippen LogP contribution in [0.2, 0.25) is 0 Å². The van der Waals surface area contributed by atoms with Crippen LogP contribution in [0.4, 0.5) is 0 Å². The van der Waals surface area contributed by atoms with Gasteiger partial charge in [0.1, 0.15) is 5.78 Å². The fourth-order valence-electron chi connectivity index (χ4n) is 2.75. The van der Waals surface area contributed by atoms with E-state index in [1.54, 1.807) is 11.2 Å². The van der Waals surface area contributed by atoms with Gasteiger partial charge in [-0.15, -0.1) is 5.11 Å². The van der Waals surface area contributed by atoms with Gasteiger partial charge in [-0.1, -0.05) is 53.0 Å². The molecule has 0 rings (SSSR count). The maximum atomic E-state index is 12.6. The first kappa shape index (κ1) is 18.6. The number of Topliss-reactive ketones (excluding diaryl/α,β-unsaturated/α-hetero) is 1. The molecule has 114 valence electrons. The summed E-state index contributed by atoms with van der Waals surface area (Å²) in [7, 11) is 0. The Balaban J connectivity index is 5.24. The molecule has 0 saturated heterocycles. The van der Waals surface area contributed by atoms with E-state index in [0.717, 1.165) is 0 Å². The highest BCUT2D eigenvalue weighted by molar-refractivity contribution is 5.88. The zero-order chi connectivity index (χ0) is 16.2. The van der Waals surface area contributed by atoms with Crippen molar-refractivity contribution < 1.29 is 4.79 Å². The van der Waals surface area contributed by atoms with Gasteiger partial charge in [0.2, 0.25) is 0 Å². The normalized spacial score (nSPS) is 13.3. The highest BCUT2D eigenvalue weighted by Crippen LogP contribution is 2.38. The maximum Gasteiger partial charge on any atom is 0.143 e. The quantitative estimate of drug-likeness (QED) is 0.498. The van der Waals surface area contributed by atoms with E-state index in [0.29, 0.717) is 6.42 Å². The summed E-state index contributed by atoms with van der Waals surface area (Å²) in [5.41, 5.74) is -1.17. The molecule has 0 heterocycles. The molecule has 0 aliphatic heterocycles. The molecule has 4 nitrogen and oxygen atoms in total. The minimum atomic E-state index is -0.452. The number of nitrogens with zero attached hydrogens (tertiary/aromatic N) is 3. The Kier molecular flexibility index (Phi) is 5.87. The maximum absolute atomic E-state index is 12.6. The van der Waals surface area contributed by atoms with Gasteiger partial charge < -0.3 is 0 Å². The van der Waals surface area contributed by atoms with Gasteiger partial charge in [0.25, 0.3) is 0 Å². The Bertz CT molecular complexity index is 400. The molecular weight excluding hydrogens is 250 g/mol. The van der Waals surface area contributed by atoms with E-state index < -0.39 is 5.41 Å². The van der Waals surface area contributed by atoms with Gasteiger partial charge in [0.15, 0.2) is 0 Å². The van der Waals surface area contributed by atoms with Gasteiger partial charge in [-0.25, -0.2) is 5.01 Å². The number of rotatable bonds is 7. The molecule has 0 aromatic rings. The van der Waals surface area contributed by atoms with Crippen LogP contribution in [0.25, 0.3) is 0 Å². The van der Waals surface area contributed by atoms with Crippen LogP contribution in [0.3, 0.4) is 0 Å². The summed E-state index contributed by atoms with van der Waals surface area (Å²) in [6.45, 7) is 21.1. The molecule has 0 spiro atoms. The van der Waals surface area contributed by atoms with Gasteiger partial charge in [0.05, 0.1) is 5.54 Å². The molecule has 0 radical (unpaired) electrons. The largest absolute Gasteiger partial charge is 0.299 e. The van der Waals surface area contributed by atoms with E-state index in [2.05, 4.69) is 23.5 Å². The third-order valence-corrected chi connectivity index (χ3v) is 3.19. The summed E-state index contributed by atoms with van der Waals surface area (Å²) in [5, 5.41) is 9.51. The van der Waals surface area contributed by atoms with Crippen molar-refractivity contribution in [2.45, 2.75) is 60.4 Å². The lowest BCUT2D eigenvalue weighted by Crippen LogP contribution is -2.45. The fourth-order valence-corrected chi connectivity index (χ4v) is 2.75. The molecular formula is C16H29N3O. The Morgan fingerprint density at radius 1 is 1.10 bits per heavy atom. The molecule has 0 aromatic carbocycles. The van der Waals surface area contributed by atoms with Crippen LogP contribution in [0.1, 0.15) is 54.9 Å². The van der Waals surface area contributed by atoms with E-state index in [4.69, 9.17) is 0 Å². The lowest BCUT2D eigenvalue weighted by molar-refractivity contribution is -0.136. The summed E-state index contributed by atoms with van der Waals surface area (Å²) in [5.74, 6) is 0.239. The van der Waals surface area contributed by atoms with Crippen LogP contribution < -0.4 is 0 Å². The third kappa shape index (κ3) is 4.91. The predicted octanol–water partition coefficient (Wildman–Crippen LogP) is 4.75. The Labute approximate surface area is 123 Å². The molecule has 0 amide bonds. The second kappa shape index (κ2) is 6.33. The number of carbonyl (C=O) groups is 1. The molecule has 0 fully saturated rings. The molecule has 0 N–H and O–H groups in total. The highest BCUT2D eigenvalue weighted by atomic mass is 16.1. The Hall–Kier alpha value is -1.45. The van der Waals surface area contributed by atoms with Gasteiger partial charge in [-0.05, 0) is 20.3 Å². The van der Waals surface area contributed by atoms with E-state index in [1.807, 2.05) is 48.5 Å². The van der Waals surface area contributed by atoms with E-state index in [9.17, 15) is 4.79 Å². The summed E-state index contributed by atoms with van der Waals surface area (Å²) in [6.07, 6.45) is 3.64. The van der Waals surface area contributed by atoms with Crippen molar-refractivity contribution in [2.24, 2.45) is 21.2 Å². The number of hydrogen-bond donors (Lipinski definition) is 0. The van der Waals surface area contributed by atoms with Crippen LogP contribution in [-0.4, -0.2) is 16.3 Å². The summed E-state index contributed by atoms with van der Waals surface area (Å²) < 4.78 is 0. The van der Waals surface area contributed by atoms with Gasteiger partial charge in [0, 0.05) is 23.2 Å². The summed E-state index contributed by atoms with van der Waals surface area (Å²) >= 11 is 0. The van der Waals surface area contributed by atoms with Crippen molar-refractivity contribution in [3.63, 3.8) is 0 Å².